The quantitative estimate of drug-likeness (QED) is 0.764. The Balaban J connectivity index is 3.15. The zero-order chi connectivity index (χ0) is 12.1. The zero-order valence-corrected chi connectivity index (χ0v) is 10.5. The minimum absolute atomic E-state index is 0.632. The molecular weight excluding hydrogens is 206 g/mol. The Morgan fingerprint density at radius 2 is 1.44 bits per heavy atom. The molecule has 0 heterocycles. The molecule has 0 fully saturated rings. The van der Waals surface area contributed by atoms with Gasteiger partial charge in [-0.05, 0) is 31.8 Å². The van der Waals surface area contributed by atoms with E-state index < -0.39 is 0 Å². The molecule has 0 radical (unpaired) electrons. The van der Waals surface area contributed by atoms with Crippen LogP contribution in [0.2, 0.25) is 0 Å². The number of methoxy groups -OCH3 is 3. The van der Waals surface area contributed by atoms with Gasteiger partial charge in [0.05, 0.1) is 21.3 Å². The van der Waals surface area contributed by atoms with Gasteiger partial charge in [0, 0.05) is 6.54 Å². The van der Waals surface area contributed by atoms with Crippen LogP contribution in [0, 0.1) is 0 Å². The van der Waals surface area contributed by atoms with E-state index in [0.29, 0.717) is 17.2 Å². The number of ether oxygens (including phenoxy) is 3. The summed E-state index contributed by atoms with van der Waals surface area (Å²) in [5, 5.41) is 0. The number of nitrogens with zero attached hydrogens (tertiary/aromatic N) is 1. The molecule has 16 heavy (non-hydrogen) atoms. The van der Waals surface area contributed by atoms with E-state index in [9.17, 15) is 0 Å². The van der Waals surface area contributed by atoms with Crippen molar-refractivity contribution in [1.82, 2.24) is 4.90 Å². The molecule has 0 saturated heterocycles. The third-order valence-corrected chi connectivity index (χ3v) is 2.22. The number of benzene rings is 1. The Hall–Kier alpha value is -1.42. The van der Waals surface area contributed by atoms with Crippen LogP contribution in [0.15, 0.2) is 12.1 Å². The second-order valence-electron chi connectivity index (χ2n) is 3.77. The highest BCUT2D eigenvalue weighted by Crippen LogP contribution is 2.38. The van der Waals surface area contributed by atoms with Gasteiger partial charge in [-0.2, -0.15) is 0 Å². The van der Waals surface area contributed by atoms with Crippen molar-refractivity contribution in [2.45, 2.75) is 6.54 Å². The van der Waals surface area contributed by atoms with Gasteiger partial charge in [0.15, 0.2) is 11.5 Å². The number of hydrogen-bond donors (Lipinski definition) is 0. The minimum Gasteiger partial charge on any atom is -0.493 e. The van der Waals surface area contributed by atoms with Crippen LogP contribution in [0.5, 0.6) is 17.2 Å². The largest absolute Gasteiger partial charge is 0.493 e. The maximum Gasteiger partial charge on any atom is 0.203 e. The lowest BCUT2D eigenvalue weighted by Crippen LogP contribution is -2.11. The van der Waals surface area contributed by atoms with Crippen molar-refractivity contribution >= 4 is 0 Å². The van der Waals surface area contributed by atoms with E-state index in [1.165, 1.54) is 0 Å². The highest BCUT2D eigenvalue weighted by Gasteiger charge is 2.13. The van der Waals surface area contributed by atoms with Crippen LogP contribution in [0.3, 0.4) is 0 Å². The minimum atomic E-state index is 0.632. The van der Waals surface area contributed by atoms with Crippen LogP contribution in [-0.4, -0.2) is 40.3 Å². The van der Waals surface area contributed by atoms with Gasteiger partial charge in [-0.15, -0.1) is 0 Å². The smallest absolute Gasteiger partial charge is 0.203 e. The van der Waals surface area contributed by atoms with Gasteiger partial charge in [-0.1, -0.05) is 0 Å². The molecule has 0 aliphatic carbocycles. The third-order valence-electron chi connectivity index (χ3n) is 2.22. The fourth-order valence-corrected chi connectivity index (χ4v) is 1.59. The van der Waals surface area contributed by atoms with Gasteiger partial charge in [0.25, 0.3) is 0 Å². The van der Waals surface area contributed by atoms with Crippen LogP contribution in [0.4, 0.5) is 0 Å². The summed E-state index contributed by atoms with van der Waals surface area (Å²) in [6.45, 7) is 0.830. The fourth-order valence-electron chi connectivity index (χ4n) is 1.59. The van der Waals surface area contributed by atoms with E-state index in [0.717, 1.165) is 12.1 Å². The van der Waals surface area contributed by atoms with E-state index in [-0.39, 0.29) is 0 Å². The summed E-state index contributed by atoms with van der Waals surface area (Å²) in [7, 11) is 8.88. The third kappa shape index (κ3) is 2.79. The van der Waals surface area contributed by atoms with Gasteiger partial charge < -0.3 is 19.1 Å². The second-order valence-corrected chi connectivity index (χ2v) is 3.77. The molecule has 0 aliphatic rings. The molecule has 4 heteroatoms. The fraction of sp³-hybridized carbons (Fsp3) is 0.500. The first kappa shape index (κ1) is 12.6. The summed E-state index contributed by atoms with van der Waals surface area (Å²) in [6, 6.07) is 3.92. The van der Waals surface area contributed by atoms with Gasteiger partial charge in [-0.25, -0.2) is 0 Å². The maximum atomic E-state index is 5.28. The molecule has 0 aromatic heterocycles. The molecule has 0 aliphatic heterocycles. The summed E-state index contributed by atoms with van der Waals surface area (Å²) < 4.78 is 15.8. The summed E-state index contributed by atoms with van der Waals surface area (Å²) in [6.07, 6.45) is 0. The summed E-state index contributed by atoms with van der Waals surface area (Å²) >= 11 is 0. The average Bonchev–Trinajstić information content (AvgIpc) is 2.26. The molecule has 1 aromatic carbocycles. The van der Waals surface area contributed by atoms with E-state index in [2.05, 4.69) is 4.90 Å². The molecule has 0 N–H and O–H groups in total. The first-order chi connectivity index (χ1) is 7.62. The van der Waals surface area contributed by atoms with Crippen LogP contribution in [0.25, 0.3) is 0 Å². The lowest BCUT2D eigenvalue weighted by Gasteiger charge is -2.16. The standard InChI is InChI=1S/C12H19NO3/c1-13(2)8-9-6-10(14-3)12(16-5)11(7-9)15-4/h6-7H,8H2,1-5H3. The second kappa shape index (κ2) is 5.61. The topological polar surface area (TPSA) is 30.9 Å². The van der Waals surface area contributed by atoms with Crippen molar-refractivity contribution in [3.8, 4) is 17.2 Å². The number of hydrogen-bond acceptors (Lipinski definition) is 4. The highest BCUT2D eigenvalue weighted by molar-refractivity contribution is 5.53. The lowest BCUT2D eigenvalue weighted by molar-refractivity contribution is 0.322. The van der Waals surface area contributed by atoms with Crippen molar-refractivity contribution in [2.75, 3.05) is 35.4 Å². The zero-order valence-electron chi connectivity index (χ0n) is 10.5. The van der Waals surface area contributed by atoms with Gasteiger partial charge in [0.1, 0.15) is 0 Å². The Morgan fingerprint density at radius 1 is 0.938 bits per heavy atom. The summed E-state index contributed by atoms with van der Waals surface area (Å²) in [4.78, 5) is 2.08. The van der Waals surface area contributed by atoms with E-state index in [1.54, 1.807) is 21.3 Å². The van der Waals surface area contributed by atoms with Crippen molar-refractivity contribution < 1.29 is 14.2 Å². The van der Waals surface area contributed by atoms with Gasteiger partial charge >= 0.3 is 0 Å². The Labute approximate surface area is 96.7 Å². The molecule has 0 spiro atoms. The first-order valence-corrected chi connectivity index (χ1v) is 5.06. The van der Waals surface area contributed by atoms with Crippen LogP contribution < -0.4 is 14.2 Å². The molecule has 0 amide bonds. The molecule has 1 aromatic rings. The van der Waals surface area contributed by atoms with Crippen molar-refractivity contribution in [2.24, 2.45) is 0 Å². The monoisotopic (exact) mass is 225 g/mol. The molecule has 0 bridgehead atoms. The van der Waals surface area contributed by atoms with E-state index in [1.807, 2.05) is 26.2 Å². The van der Waals surface area contributed by atoms with Crippen LogP contribution >= 0.6 is 0 Å². The normalized spacial score (nSPS) is 10.4. The molecule has 4 nitrogen and oxygen atoms in total. The van der Waals surface area contributed by atoms with Crippen molar-refractivity contribution in [3.05, 3.63) is 17.7 Å². The van der Waals surface area contributed by atoms with Crippen LogP contribution in [-0.2, 0) is 6.54 Å². The van der Waals surface area contributed by atoms with Crippen molar-refractivity contribution in [3.63, 3.8) is 0 Å². The molecule has 0 saturated carbocycles. The van der Waals surface area contributed by atoms with Gasteiger partial charge in [-0.3, -0.25) is 0 Å². The maximum absolute atomic E-state index is 5.28. The van der Waals surface area contributed by atoms with Crippen molar-refractivity contribution in [1.29, 1.82) is 0 Å². The lowest BCUT2D eigenvalue weighted by atomic mass is 10.1. The average molecular weight is 225 g/mol. The van der Waals surface area contributed by atoms with Crippen LogP contribution in [0.1, 0.15) is 5.56 Å². The summed E-state index contributed by atoms with van der Waals surface area (Å²) in [5.41, 5.74) is 1.12. The predicted octanol–water partition coefficient (Wildman–Crippen LogP) is 1.77. The van der Waals surface area contributed by atoms with E-state index >= 15 is 0 Å². The van der Waals surface area contributed by atoms with Gasteiger partial charge in [0.2, 0.25) is 5.75 Å². The Kier molecular flexibility index (Phi) is 4.43. The molecular formula is C12H19NO3. The molecule has 90 valence electrons. The molecule has 1 rings (SSSR count). The van der Waals surface area contributed by atoms with E-state index in [4.69, 9.17) is 14.2 Å². The predicted molar refractivity (Wildman–Crippen MR) is 63.5 cm³/mol. The highest BCUT2D eigenvalue weighted by atomic mass is 16.5. The molecule has 0 atom stereocenters. The summed E-state index contributed by atoms with van der Waals surface area (Å²) in [5.74, 6) is 2.02. The Bertz CT molecular complexity index is 325. The first-order valence-electron chi connectivity index (χ1n) is 5.06. The number of rotatable bonds is 5. The molecule has 0 unspecified atom stereocenters. The SMILES string of the molecule is COc1cc(CN(C)C)cc(OC)c1OC. The Morgan fingerprint density at radius 3 is 1.75 bits per heavy atom.